The Bertz CT molecular complexity index is 1180. The van der Waals surface area contributed by atoms with Crippen LogP contribution in [-0.2, 0) is 17.9 Å². The van der Waals surface area contributed by atoms with Gasteiger partial charge in [0.1, 0.15) is 18.1 Å². The number of anilines is 1. The Balaban J connectivity index is 1.50. The molecule has 0 bridgehead atoms. The molecule has 1 aliphatic heterocycles. The maximum Gasteiger partial charge on any atom is 0.320 e. The van der Waals surface area contributed by atoms with Crippen LogP contribution >= 0.6 is 0 Å². The molecule has 3 aromatic rings. The molecule has 1 aromatic heterocycles. The SMILES string of the molecule is COCc1ccc(C)c(CNC(=O)Nc2c(C)c(OCC3(F)CCNCC3)nn2-c2ccccc2)c1. The van der Waals surface area contributed by atoms with Gasteiger partial charge in [-0.05, 0) is 68.6 Å². The summed E-state index contributed by atoms with van der Waals surface area (Å²) in [5.41, 5.74) is 3.12. The van der Waals surface area contributed by atoms with E-state index in [2.05, 4.69) is 21.0 Å². The number of methoxy groups -OCH3 is 1. The Morgan fingerprint density at radius 3 is 2.64 bits per heavy atom. The van der Waals surface area contributed by atoms with Crippen molar-refractivity contribution >= 4 is 11.8 Å². The number of alkyl halides is 1. The number of rotatable bonds is 9. The van der Waals surface area contributed by atoms with Gasteiger partial charge in [-0.25, -0.2) is 13.9 Å². The normalized spacial score (nSPS) is 14.9. The number of nitrogens with one attached hydrogen (secondary N) is 3. The minimum Gasteiger partial charge on any atom is -0.473 e. The number of ether oxygens (including phenoxy) is 2. The van der Waals surface area contributed by atoms with Crippen LogP contribution in [0.5, 0.6) is 5.88 Å². The third-order valence-corrected chi connectivity index (χ3v) is 6.44. The molecule has 0 radical (unpaired) electrons. The third kappa shape index (κ3) is 6.22. The number of aromatic nitrogens is 2. The molecule has 0 saturated carbocycles. The molecule has 1 fully saturated rings. The van der Waals surface area contributed by atoms with Gasteiger partial charge in [-0.1, -0.05) is 36.4 Å². The van der Waals surface area contributed by atoms with Gasteiger partial charge < -0.3 is 20.1 Å². The van der Waals surface area contributed by atoms with Gasteiger partial charge in [-0.2, -0.15) is 0 Å². The van der Waals surface area contributed by atoms with Gasteiger partial charge in [0.25, 0.3) is 0 Å². The van der Waals surface area contributed by atoms with E-state index in [1.165, 1.54) is 0 Å². The minimum atomic E-state index is -1.39. The molecule has 2 heterocycles. The van der Waals surface area contributed by atoms with E-state index in [4.69, 9.17) is 9.47 Å². The van der Waals surface area contributed by atoms with Gasteiger partial charge in [-0.3, -0.25) is 5.32 Å². The quantitative estimate of drug-likeness (QED) is 0.409. The Labute approximate surface area is 211 Å². The topological polar surface area (TPSA) is 89.4 Å². The molecule has 1 saturated heterocycles. The number of aryl methyl sites for hydroxylation is 1. The zero-order valence-electron chi connectivity index (χ0n) is 21.1. The van der Waals surface area contributed by atoms with Gasteiger partial charge in [0, 0.05) is 13.7 Å². The highest BCUT2D eigenvalue weighted by atomic mass is 19.1. The lowest BCUT2D eigenvalue weighted by atomic mass is 9.96. The summed E-state index contributed by atoms with van der Waals surface area (Å²) in [6, 6.07) is 15.1. The fourth-order valence-corrected chi connectivity index (χ4v) is 4.23. The summed E-state index contributed by atoms with van der Waals surface area (Å²) in [6.07, 6.45) is 0.786. The van der Waals surface area contributed by atoms with Crippen LogP contribution < -0.4 is 20.7 Å². The fourth-order valence-electron chi connectivity index (χ4n) is 4.23. The molecule has 2 amide bonds. The van der Waals surface area contributed by atoms with Gasteiger partial charge in [0.05, 0.1) is 17.9 Å². The summed E-state index contributed by atoms with van der Waals surface area (Å²) >= 11 is 0. The second-order valence-corrected chi connectivity index (χ2v) is 9.22. The third-order valence-electron chi connectivity index (χ3n) is 6.44. The van der Waals surface area contributed by atoms with Crippen LogP contribution in [0.1, 0.15) is 35.1 Å². The molecule has 0 aliphatic carbocycles. The number of amides is 2. The second kappa shape index (κ2) is 11.5. The van der Waals surface area contributed by atoms with Crippen molar-refractivity contribution in [3.63, 3.8) is 0 Å². The lowest BCUT2D eigenvalue weighted by Gasteiger charge is -2.29. The molecule has 0 atom stereocenters. The van der Waals surface area contributed by atoms with Crippen LogP contribution in [0.2, 0.25) is 0 Å². The first-order valence-corrected chi connectivity index (χ1v) is 12.2. The Hall–Kier alpha value is -3.43. The van der Waals surface area contributed by atoms with Gasteiger partial charge in [0.2, 0.25) is 5.88 Å². The van der Waals surface area contributed by atoms with Crippen molar-refractivity contribution in [2.75, 3.05) is 32.1 Å². The molecule has 0 spiro atoms. The van der Waals surface area contributed by atoms with Crippen LogP contribution in [0.4, 0.5) is 15.0 Å². The van der Waals surface area contributed by atoms with E-state index in [1.54, 1.807) is 11.8 Å². The highest BCUT2D eigenvalue weighted by molar-refractivity contribution is 5.89. The molecular formula is C27H34FN5O3. The van der Waals surface area contributed by atoms with E-state index < -0.39 is 5.67 Å². The monoisotopic (exact) mass is 495 g/mol. The molecule has 0 unspecified atom stereocenters. The first-order valence-electron chi connectivity index (χ1n) is 12.2. The van der Waals surface area contributed by atoms with Crippen molar-refractivity contribution in [2.24, 2.45) is 0 Å². The van der Waals surface area contributed by atoms with Crippen LogP contribution in [-0.4, -0.2) is 48.3 Å². The number of hydrogen-bond donors (Lipinski definition) is 3. The van der Waals surface area contributed by atoms with Crippen molar-refractivity contribution in [3.8, 4) is 11.6 Å². The molecule has 36 heavy (non-hydrogen) atoms. The van der Waals surface area contributed by atoms with Gasteiger partial charge >= 0.3 is 6.03 Å². The molecule has 8 nitrogen and oxygen atoms in total. The summed E-state index contributed by atoms with van der Waals surface area (Å²) in [5.74, 6) is 0.768. The minimum absolute atomic E-state index is 0.0793. The number of urea groups is 1. The number of benzene rings is 2. The number of nitrogens with zero attached hydrogens (tertiary/aromatic N) is 2. The Kier molecular flexibility index (Phi) is 8.22. The predicted octanol–water partition coefficient (Wildman–Crippen LogP) is 4.43. The zero-order valence-corrected chi connectivity index (χ0v) is 21.1. The number of halogens is 1. The molecule has 2 aromatic carbocycles. The van der Waals surface area contributed by atoms with E-state index in [0.717, 1.165) is 22.4 Å². The van der Waals surface area contributed by atoms with Crippen molar-refractivity contribution in [1.29, 1.82) is 0 Å². The summed E-state index contributed by atoms with van der Waals surface area (Å²) in [6.45, 7) is 5.84. The number of para-hydroxylation sites is 1. The van der Waals surface area contributed by atoms with Gasteiger partial charge in [-0.15, -0.1) is 5.10 Å². The largest absolute Gasteiger partial charge is 0.473 e. The molecule has 3 N–H and O–H groups in total. The average molecular weight is 496 g/mol. The number of piperidine rings is 1. The molecule has 192 valence electrons. The maximum absolute atomic E-state index is 15.1. The van der Waals surface area contributed by atoms with E-state index >= 15 is 4.39 Å². The lowest BCUT2D eigenvalue weighted by Crippen LogP contribution is -2.42. The van der Waals surface area contributed by atoms with Crippen LogP contribution in [0, 0.1) is 13.8 Å². The molecule has 4 rings (SSSR count). The van der Waals surface area contributed by atoms with Crippen molar-refractivity contribution in [3.05, 3.63) is 70.8 Å². The van der Waals surface area contributed by atoms with E-state index in [9.17, 15) is 4.79 Å². The number of carbonyl (C=O) groups excluding carboxylic acids is 1. The van der Waals surface area contributed by atoms with E-state index in [0.29, 0.717) is 56.3 Å². The second-order valence-electron chi connectivity index (χ2n) is 9.22. The van der Waals surface area contributed by atoms with Gasteiger partial charge in [0.15, 0.2) is 0 Å². The van der Waals surface area contributed by atoms with E-state index in [1.807, 2.05) is 62.4 Å². The highest BCUT2D eigenvalue weighted by Gasteiger charge is 2.33. The van der Waals surface area contributed by atoms with E-state index in [-0.39, 0.29) is 12.6 Å². The van der Waals surface area contributed by atoms with Crippen LogP contribution in [0.3, 0.4) is 0 Å². The average Bonchev–Trinajstić information content (AvgIpc) is 3.19. The molecular weight excluding hydrogens is 461 g/mol. The van der Waals surface area contributed by atoms with Crippen molar-refractivity contribution in [1.82, 2.24) is 20.4 Å². The summed E-state index contributed by atoms with van der Waals surface area (Å²) in [5, 5.41) is 13.6. The lowest BCUT2D eigenvalue weighted by molar-refractivity contribution is 0.0514. The first-order chi connectivity index (χ1) is 17.4. The van der Waals surface area contributed by atoms with Crippen LogP contribution in [0.25, 0.3) is 5.69 Å². The Morgan fingerprint density at radius 2 is 1.92 bits per heavy atom. The summed E-state index contributed by atoms with van der Waals surface area (Å²) in [7, 11) is 1.65. The zero-order chi connectivity index (χ0) is 25.5. The fraction of sp³-hybridized carbons (Fsp3) is 0.407. The van der Waals surface area contributed by atoms with Crippen LogP contribution in [0.15, 0.2) is 48.5 Å². The predicted molar refractivity (Wildman–Crippen MR) is 137 cm³/mol. The first kappa shape index (κ1) is 25.7. The smallest absolute Gasteiger partial charge is 0.320 e. The number of hydrogen-bond acceptors (Lipinski definition) is 5. The maximum atomic E-state index is 15.1. The summed E-state index contributed by atoms with van der Waals surface area (Å²) in [4.78, 5) is 12.9. The highest BCUT2D eigenvalue weighted by Crippen LogP contribution is 2.31. The van der Waals surface area contributed by atoms with Crippen molar-refractivity contribution in [2.45, 2.75) is 45.5 Å². The van der Waals surface area contributed by atoms with Crippen molar-refractivity contribution < 1.29 is 18.7 Å². The number of carbonyl (C=O) groups is 1. The molecule has 9 heteroatoms. The molecule has 1 aliphatic rings. The Morgan fingerprint density at radius 1 is 1.17 bits per heavy atom. The summed E-state index contributed by atoms with van der Waals surface area (Å²) < 4.78 is 27.8. The standard InChI is InChI=1S/C27H34FN5O3/c1-19-9-10-21(17-35-3)15-22(19)16-30-26(34)31-24-20(2)25(32-33(24)23-7-5-4-6-8-23)36-18-27(28)11-13-29-14-12-27/h4-10,15,29H,11-14,16-18H2,1-3H3,(H2,30,31,34).